The molecule has 0 unspecified atom stereocenters. The number of amides is 1. The van der Waals surface area contributed by atoms with Gasteiger partial charge < -0.3 is 15.0 Å². The summed E-state index contributed by atoms with van der Waals surface area (Å²) >= 11 is 0. The maximum Gasteiger partial charge on any atom is 0.391 e. The zero-order chi connectivity index (χ0) is 17.5. The van der Waals surface area contributed by atoms with E-state index in [0.717, 1.165) is 6.42 Å². The Morgan fingerprint density at radius 2 is 2.04 bits per heavy atom. The summed E-state index contributed by atoms with van der Waals surface area (Å²) in [6.45, 7) is 3.35. The fourth-order valence-corrected chi connectivity index (χ4v) is 1.89. The highest BCUT2D eigenvalue weighted by Gasteiger charge is 2.42. The first-order chi connectivity index (χ1) is 10.8. The highest BCUT2D eigenvalue weighted by atomic mass is 19.4. The molecule has 0 radical (unpaired) electrons. The number of alkyl halides is 3. The number of nitrogens with two attached hydrogens (primary N) is 1. The van der Waals surface area contributed by atoms with Gasteiger partial charge in [0.2, 0.25) is 5.91 Å². The Balaban J connectivity index is 0.000000277. The van der Waals surface area contributed by atoms with Crippen molar-refractivity contribution < 1.29 is 22.7 Å². The molecule has 0 spiro atoms. The lowest BCUT2D eigenvalue weighted by molar-refractivity contribution is -0.193. The summed E-state index contributed by atoms with van der Waals surface area (Å²) in [5.74, 6) is -1.51. The Bertz CT molecular complexity index is 566. The van der Waals surface area contributed by atoms with Crippen LogP contribution in [0.5, 0.6) is 0 Å². The summed E-state index contributed by atoms with van der Waals surface area (Å²) in [5.41, 5.74) is 5.26. The first-order valence-corrected chi connectivity index (χ1v) is 7.40. The third-order valence-corrected chi connectivity index (χ3v) is 3.52. The molecule has 2 rings (SSSR count). The summed E-state index contributed by atoms with van der Waals surface area (Å²) in [7, 11) is 0. The van der Waals surface area contributed by atoms with Crippen LogP contribution >= 0.6 is 0 Å². The van der Waals surface area contributed by atoms with Crippen LogP contribution in [0.1, 0.15) is 36.5 Å². The van der Waals surface area contributed by atoms with E-state index in [9.17, 15) is 22.8 Å². The van der Waals surface area contributed by atoms with E-state index in [0.29, 0.717) is 38.2 Å². The molecule has 5 nitrogen and oxygen atoms in total. The number of pyridine rings is 1. The molecule has 23 heavy (non-hydrogen) atoms. The molecular formula is C15H21F3N2O3. The average molecular weight is 334 g/mol. The fraction of sp³-hybridized carbons (Fsp3) is 0.600. The van der Waals surface area contributed by atoms with Gasteiger partial charge in [-0.1, -0.05) is 6.42 Å². The van der Waals surface area contributed by atoms with Crippen LogP contribution in [0.3, 0.4) is 0 Å². The maximum atomic E-state index is 11.5. The number of nitrogens with zero attached hydrogens (tertiary/aromatic N) is 1. The molecule has 0 aliphatic heterocycles. The predicted octanol–water partition coefficient (Wildman–Crippen LogP) is 2.33. The summed E-state index contributed by atoms with van der Waals surface area (Å²) in [6, 6.07) is 2.74. The summed E-state index contributed by atoms with van der Waals surface area (Å²) in [6.07, 6.45) is -1.00. The number of hydrogen-bond acceptors (Lipinski definition) is 3. The van der Waals surface area contributed by atoms with Crippen LogP contribution in [0.15, 0.2) is 23.1 Å². The van der Waals surface area contributed by atoms with Crippen molar-refractivity contribution in [3.63, 3.8) is 0 Å². The van der Waals surface area contributed by atoms with Gasteiger partial charge in [-0.05, 0) is 25.8 Å². The number of carbonyl (C=O) groups is 1. The van der Waals surface area contributed by atoms with Crippen molar-refractivity contribution in [3.8, 4) is 0 Å². The molecule has 0 bridgehead atoms. The van der Waals surface area contributed by atoms with E-state index in [4.69, 9.17) is 10.5 Å². The number of aromatic nitrogens is 1. The molecule has 0 atom stereocenters. The van der Waals surface area contributed by atoms with Crippen molar-refractivity contribution in [1.82, 2.24) is 4.57 Å². The minimum Gasteiger partial charge on any atom is -0.380 e. The Kier molecular flexibility index (Phi) is 7.28. The number of halogens is 3. The van der Waals surface area contributed by atoms with Gasteiger partial charge in [-0.3, -0.25) is 9.59 Å². The molecule has 0 aromatic carbocycles. The molecule has 1 saturated carbocycles. The lowest BCUT2D eigenvalue weighted by Crippen LogP contribution is -2.28. The predicted molar refractivity (Wildman–Crippen MR) is 79.1 cm³/mol. The monoisotopic (exact) mass is 334 g/mol. The maximum absolute atomic E-state index is 11.5. The lowest BCUT2D eigenvalue weighted by Gasteiger charge is -2.27. The fourth-order valence-electron chi connectivity index (χ4n) is 1.89. The van der Waals surface area contributed by atoms with Crippen LogP contribution in [-0.2, 0) is 11.3 Å². The average Bonchev–Trinajstić information content (AvgIpc) is 2.37. The second-order valence-corrected chi connectivity index (χ2v) is 5.18. The van der Waals surface area contributed by atoms with Crippen LogP contribution in [0.2, 0.25) is 0 Å². The van der Waals surface area contributed by atoms with Gasteiger partial charge in [0.15, 0.2) is 0 Å². The Morgan fingerprint density at radius 1 is 1.39 bits per heavy atom. The molecule has 1 aliphatic carbocycles. The number of rotatable bonds is 5. The van der Waals surface area contributed by atoms with Gasteiger partial charge in [0.1, 0.15) is 0 Å². The molecule has 1 aliphatic rings. The van der Waals surface area contributed by atoms with Crippen LogP contribution < -0.4 is 11.3 Å². The molecule has 2 N–H and O–H groups in total. The molecule has 8 heteroatoms. The van der Waals surface area contributed by atoms with Gasteiger partial charge in [0.05, 0.1) is 18.1 Å². The summed E-state index contributed by atoms with van der Waals surface area (Å²) < 4.78 is 41.0. The molecule has 1 fully saturated rings. The molecular weight excluding hydrogens is 313 g/mol. The largest absolute Gasteiger partial charge is 0.391 e. The topological polar surface area (TPSA) is 74.3 Å². The number of primary amides is 1. The van der Waals surface area contributed by atoms with Gasteiger partial charge in [-0.25, -0.2) is 0 Å². The standard InChI is InChI=1S/C10H14N2O3.C5H7F3/c1-2-15-6-5-12-7-8(10(11)14)3-4-9(12)13;6-5(7,8)4-2-1-3-4/h3-4,7H,2,5-6H2,1H3,(H2,11,14);4H,1-3H2. The molecule has 1 heterocycles. The van der Waals surface area contributed by atoms with E-state index in [1.54, 1.807) is 0 Å². The Hall–Kier alpha value is -1.83. The molecule has 1 aromatic heterocycles. The van der Waals surface area contributed by atoms with Crippen molar-refractivity contribution >= 4 is 5.91 Å². The number of hydrogen-bond donors (Lipinski definition) is 1. The third kappa shape index (κ3) is 6.43. The molecule has 1 aromatic rings. The van der Waals surface area contributed by atoms with E-state index in [1.165, 1.54) is 22.9 Å². The molecule has 130 valence electrons. The van der Waals surface area contributed by atoms with E-state index >= 15 is 0 Å². The van der Waals surface area contributed by atoms with Gasteiger partial charge in [-0.2, -0.15) is 13.2 Å². The van der Waals surface area contributed by atoms with Gasteiger partial charge in [0, 0.05) is 25.4 Å². The third-order valence-electron chi connectivity index (χ3n) is 3.52. The van der Waals surface area contributed by atoms with E-state index in [2.05, 4.69) is 0 Å². The summed E-state index contributed by atoms with van der Waals surface area (Å²) in [4.78, 5) is 22.2. The van der Waals surface area contributed by atoms with Gasteiger partial charge in [0.25, 0.3) is 5.56 Å². The van der Waals surface area contributed by atoms with Gasteiger partial charge >= 0.3 is 6.18 Å². The Labute approximate surface area is 132 Å². The van der Waals surface area contributed by atoms with E-state index < -0.39 is 18.0 Å². The zero-order valence-corrected chi connectivity index (χ0v) is 12.9. The van der Waals surface area contributed by atoms with Crippen molar-refractivity contribution in [2.75, 3.05) is 13.2 Å². The smallest absolute Gasteiger partial charge is 0.380 e. The van der Waals surface area contributed by atoms with Gasteiger partial charge in [-0.15, -0.1) is 0 Å². The lowest BCUT2D eigenvalue weighted by atomic mass is 9.85. The highest BCUT2D eigenvalue weighted by Crippen LogP contribution is 2.40. The first kappa shape index (κ1) is 19.2. The van der Waals surface area contributed by atoms with Crippen molar-refractivity contribution in [2.45, 2.75) is 38.9 Å². The first-order valence-electron chi connectivity index (χ1n) is 7.40. The van der Waals surface area contributed by atoms with Crippen molar-refractivity contribution in [2.24, 2.45) is 11.7 Å². The van der Waals surface area contributed by atoms with E-state index in [-0.39, 0.29) is 5.56 Å². The minimum absolute atomic E-state index is 0.167. The normalized spacial score (nSPS) is 14.6. The van der Waals surface area contributed by atoms with Crippen LogP contribution in [0.25, 0.3) is 0 Å². The van der Waals surface area contributed by atoms with Crippen LogP contribution in [0.4, 0.5) is 13.2 Å². The zero-order valence-electron chi connectivity index (χ0n) is 12.9. The van der Waals surface area contributed by atoms with E-state index in [1.807, 2.05) is 6.92 Å². The minimum atomic E-state index is -3.90. The molecule has 0 saturated heterocycles. The quantitative estimate of drug-likeness (QED) is 0.840. The second kappa shape index (κ2) is 8.71. The Morgan fingerprint density at radius 3 is 2.43 bits per heavy atom. The second-order valence-electron chi connectivity index (χ2n) is 5.18. The molecule has 1 amide bonds. The van der Waals surface area contributed by atoms with Crippen LogP contribution in [-0.4, -0.2) is 29.9 Å². The van der Waals surface area contributed by atoms with Crippen molar-refractivity contribution in [3.05, 3.63) is 34.2 Å². The highest BCUT2D eigenvalue weighted by molar-refractivity contribution is 5.92. The summed E-state index contributed by atoms with van der Waals surface area (Å²) in [5, 5.41) is 0. The number of carbonyl (C=O) groups excluding carboxylic acids is 1. The van der Waals surface area contributed by atoms with Crippen LogP contribution in [0, 0.1) is 5.92 Å². The van der Waals surface area contributed by atoms with Crippen molar-refractivity contribution in [1.29, 1.82) is 0 Å². The SMILES string of the molecule is CCOCCn1cc(C(N)=O)ccc1=O.FC(F)(F)C1CCC1. The number of ether oxygens (including phenoxy) is 1.